The third kappa shape index (κ3) is 3.75. The first-order valence-electron chi connectivity index (χ1n) is 8.51. The molecule has 1 saturated heterocycles. The number of piperidine rings is 1. The number of hydrogen-bond acceptors (Lipinski definition) is 4. The second kappa shape index (κ2) is 6.98. The quantitative estimate of drug-likeness (QED) is 0.715. The zero-order chi connectivity index (χ0) is 17.2. The molecule has 25 heavy (non-hydrogen) atoms. The number of benzene rings is 2. The molecule has 4 nitrogen and oxygen atoms in total. The Balaban J connectivity index is 1.31. The summed E-state index contributed by atoms with van der Waals surface area (Å²) < 4.78 is 11.8. The highest BCUT2D eigenvalue weighted by molar-refractivity contribution is 6.31. The summed E-state index contributed by atoms with van der Waals surface area (Å²) in [7, 11) is 0. The van der Waals surface area contributed by atoms with Crippen molar-refractivity contribution in [3.63, 3.8) is 0 Å². The zero-order valence-corrected chi connectivity index (χ0v) is 14.6. The third-order valence-electron chi connectivity index (χ3n) is 4.65. The molecule has 1 aliphatic heterocycles. The van der Waals surface area contributed by atoms with Crippen molar-refractivity contribution >= 4 is 28.3 Å². The Bertz CT molecular complexity index is 851. The van der Waals surface area contributed by atoms with Crippen molar-refractivity contribution in [2.75, 3.05) is 18.0 Å². The summed E-state index contributed by atoms with van der Waals surface area (Å²) >= 11 is 6.01. The monoisotopic (exact) mass is 357 g/mol. The number of anilines is 1. The van der Waals surface area contributed by atoms with E-state index in [-0.39, 0.29) is 6.10 Å². The van der Waals surface area contributed by atoms with Crippen LogP contribution in [0.25, 0.3) is 11.0 Å². The van der Waals surface area contributed by atoms with Gasteiger partial charge in [0.05, 0.1) is 6.10 Å². The summed E-state index contributed by atoms with van der Waals surface area (Å²) in [5, 5.41) is 11.1. The molecule has 0 atom stereocenters. The van der Waals surface area contributed by atoms with Crippen LogP contribution in [0.15, 0.2) is 52.9 Å². The molecule has 0 amide bonds. The fourth-order valence-electron chi connectivity index (χ4n) is 3.28. The van der Waals surface area contributed by atoms with E-state index in [1.54, 1.807) is 12.1 Å². The molecule has 0 saturated carbocycles. The molecule has 0 unspecified atom stereocenters. The molecular formula is C20H20ClNO3. The highest BCUT2D eigenvalue weighted by Gasteiger charge is 2.20. The fourth-order valence-corrected chi connectivity index (χ4v) is 3.46. The molecule has 130 valence electrons. The van der Waals surface area contributed by atoms with Crippen LogP contribution in [-0.4, -0.2) is 24.3 Å². The first-order chi connectivity index (χ1) is 12.2. The maximum absolute atomic E-state index is 9.39. The molecule has 0 spiro atoms. The lowest BCUT2D eigenvalue weighted by molar-refractivity contribution is 0.0171. The number of fused-ring (bicyclic) bond motifs is 1. The van der Waals surface area contributed by atoms with E-state index < -0.39 is 0 Å². The van der Waals surface area contributed by atoms with Crippen molar-refractivity contribution < 1.29 is 14.3 Å². The Labute approximate surface area is 151 Å². The number of phenols is 1. The molecule has 5 heteroatoms. The lowest BCUT2D eigenvalue weighted by atomic mass is 10.1. The van der Waals surface area contributed by atoms with Crippen LogP contribution in [0, 0.1) is 0 Å². The van der Waals surface area contributed by atoms with E-state index in [4.69, 9.17) is 20.8 Å². The number of ether oxygens (including phenoxy) is 1. The Morgan fingerprint density at radius 3 is 2.60 bits per heavy atom. The van der Waals surface area contributed by atoms with E-state index >= 15 is 0 Å². The average molecular weight is 358 g/mol. The second-order valence-electron chi connectivity index (χ2n) is 6.41. The van der Waals surface area contributed by atoms with Crippen LogP contribution in [0.1, 0.15) is 18.6 Å². The topological polar surface area (TPSA) is 45.8 Å². The first kappa shape index (κ1) is 16.3. The van der Waals surface area contributed by atoms with Crippen molar-refractivity contribution in [1.29, 1.82) is 0 Å². The van der Waals surface area contributed by atoms with E-state index in [1.807, 2.05) is 36.4 Å². The molecule has 0 bridgehead atoms. The van der Waals surface area contributed by atoms with Crippen LogP contribution in [0.4, 0.5) is 5.69 Å². The molecule has 0 aliphatic carbocycles. The summed E-state index contributed by atoms with van der Waals surface area (Å²) in [6, 6.07) is 15.0. The predicted octanol–water partition coefficient (Wildman–Crippen LogP) is 4.98. The SMILES string of the molecule is Oc1ccc(N2CCC(OCc3cc4cc(Cl)ccc4o3)CC2)cc1. The summed E-state index contributed by atoms with van der Waals surface area (Å²) in [6.45, 7) is 2.38. The van der Waals surface area contributed by atoms with Gasteiger partial charge in [-0.15, -0.1) is 0 Å². The molecule has 1 aromatic heterocycles. The van der Waals surface area contributed by atoms with Gasteiger partial charge in [0.25, 0.3) is 0 Å². The molecule has 1 aliphatic rings. The Morgan fingerprint density at radius 2 is 1.84 bits per heavy atom. The van der Waals surface area contributed by atoms with Gasteiger partial charge >= 0.3 is 0 Å². The van der Waals surface area contributed by atoms with Gasteiger partial charge in [-0.3, -0.25) is 0 Å². The molecule has 1 N–H and O–H groups in total. The van der Waals surface area contributed by atoms with Crippen molar-refractivity contribution in [1.82, 2.24) is 0 Å². The minimum Gasteiger partial charge on any atom is -0.508 e. The van der Waals surface area contributed by atoms with Crippen molar-refractivity contribution in [2.24, 2.45) is 0 Å². The molecule has 2 aromatic carbocycles. The standard InChI is InChI=1S/C20H20ClNO3/c21-15-1-6-20-14(11-15)12-19(25-20)13-24-18-7-9-22(10-8-18)16-2-4-17(23)5-3-16/h1-6,11-12,18,23H,7-10,13H2. The van der Waals surface area contributed by atoms with E-state index in [1.165, 1.54) is 0 Å². The third-order valence-corrected chi connectivity index (χ3v) is 4.88. The van der Waals surface area contributed by atoms with Crippen molar-refractivity contribution in [3.8, 4) is 5.75 Å². The summed E-state index contributed by atoms with van der Waals surface area (Å²) in [5.74, 6) is 1.13. The molecule has 1 fully saturated rings. The Morgan fingerprint density at radius 1 is 1.08 bits per heavy atom. The number of aromatic hydroxyl groups is 1. The maximum Gasteiger partial charge on any atom is 0.134 e. The normalized spacial score (nSPS) is 15.8. The summed E-state index contributed by atoms with van der Waals surface area (Å²) in [5.41, 5.74) is 1.98. The van der Waals surface area contributed by atoms with Gasteiger partial charge in [-0.25, -0.2) is 0 Å². The van der Waals surface area contributed by atoms with Crippen LogP contribution in [0.3, 0.4) is 0 Å². The number of rotatable bonds is 4. The van der Waals surface area contributed by atoms with Gasteiger partial charge < -0.3 is 19.2 Å². The Kier molecular flexibility index (Phi) is 4.55. The smallest absolute Gasteiger partial charge is 0.134 e. The van der Waals surface area contributed by atoms with Crippen molar-refractivity contribution in [2.45, 2.75) is 25.6 Å². The minimum absolute atomic E-state index is 0.241. The minimum atomic E-state index is 0.241. The van der Waals surface area contributed by atoms with Gasteiger partial charge in [0.1, 0.15) is 23.7 Å². The lowest BCUT2D eigenvalue weighted by Crippen LogP contribution is -2.36. The number of hydrogen-bond donors (Lipinski definition) is 1. The van der Waals surface area contributed by atoms with Gasteiger partial charge in [-0.2, -0.15) is 0 Å². The van der Waals surface area contributed by atoms with E-state index in [9.17, 15) is 5.11 Å². The summed E-state index contributed by atoms with van der Waals surface area (Å²) in [6.07, 6.45) is 2.20. The molecule has 2 heterocycles. The molecular weight excluding hydrogens is 338 g/mol. The van der Waals surface area contributed by atoms with E-state index in [0.717, 1.165) is 48.3 Å². The highest BCUT2D eigenvalue weighted by atomic mass is 35.5. The van der Waals surface area contributed by atoms with Crippen LogP contribution in [0.5, 0.6) is 5.75 Å². The second-order valence-corrected chi connectivity index (χ2v) is 6.85. The highest BCUT2D eigenvalue weighted by Crippen LogP contribution is 2.26. The number of furan rings is 1. The summed E-state index contributed by atoms with van der Waals surface area (Å²) in [4.78, 5) is 2.32. The van der Waals surface area contributed by atoms with Crippen molar-refractivity contribution in [3.05, 3.63) is 59.3 Å². The van der Waals surface area contributed by atoms with Crippen LogP contribution in [-0.2, 0) is 11.3 Å². The van der Waals surface area contributed by atoms with Gasteiger partial charge in [-0.1, -0.05) is 11.6 Å². The zero-order valence-electron chi connectivity index (χ0n) is 13.8. The Hall–Kier alpha value is -2.17. The van der Waals surface area contributed by atoms with Gasteiger partial charge in [0.2, 0.25) is 0 Å². The van der Waals surface area contributed by atoms with Gasteiger partial charge in [0, 0.05) is 29.2 Å². The number of nitrogens with zero attached hydrogens (tertiary/aromatic N) is 1. The number of phenolic OH excluding ortho intramolecular Hbond substituents is 1. The van der Waals surface area contributed by atoms with Gasteiger partial charge in [0.15, 0.2) is 0 Å². The predicted molar refractivity (Wildman–Crippen MR) is 99.4 cm³/mol. The van der Waals surface area contributed by atoms with Crippen LogP contribution in [0.2, 0.25) is 5.02 Å². The molecule has 0 radical (unpaired) electrons. The van der Waals surface area contributed by atoms with E-state index in [0.29, 0.717) is 17.4 Å². The molecule has 3 aromatic rings. The van der Waals surface area contributed by atoms with Gasteiger partial charge in [-0.05, 0) is 61.4 Å². The van der Waals surface area contributed by atoms with E-state index in [2.05, 4.69) is 4.90 Å². The van der Waals surface area contributed by atoms with Crippen LogP contribution >= 0.6 is 11.6 Å². The average Bonchev–Trinajstić information content (AvgIpc) is 3.03. The fraction of sp³-hybridized carbons (Fsp3) is 0.300. The maximum atomic E-state index is 9.39. The lowest BCUT2D eigenvalue weighted by Gasteiger charge is -2.33. The molecule has 4 rings (SSSR count). The number of halogens is 1. The first-order valence-corrected chi connectivity index (χ1v) is 8.89. The largest absolute Gasteiger partial charge is 0.508 e. The van der Waals surface area contributed by atoms with Crippen LogP contribution < -0.4 is 4.90 Å².